The van der Waals surface area contributed by atoms with Gasteiger partial charge in [0.25, 0.3) is 5.91 Å². The first-order chi connectivity index (χ1) is 10.7. The molecule has 0 bridgehead atoms. The van der Waals surface area contributed by atoms with Crippen LogP contribution in [0.2, 0.25) is 0 Å². The van der Waals surface area contributed by atoms with E-state index in [9.17, 15) is 4.79 Å². The Kier molecular flexibility index (Phi) is 4.53. The van der Waals surface area contributed by atoms with Crippen LogP contribution in [0.15, 0.2) is 40.9 Å². The van der Waals surface area contributed by atoms with Gasteiger partial charge in [-0.3, -0.25) is 4.79 Å². The van der Waals surface area contributed by atoms with E-state index in [1.54, 1.807) is 11.0 Å². The highest BCUT2D eigenvalue weighted by Gasteiger charge is 2.22. The van der Waals surface area contributed by atoms with Gasteiger partial charge in [-0.25, -0.2) is 0 Å². The summed E-state index contributed by atoms with van der Waals surface area (Å²) in [5, 5.41) is 3.82. The molecule has 0 unspecified atom stereocenters. The molecule has 1 amide bonds. The summed E-state index contributed by atoms with van der Waals surface area (Å²) >= 11 is 0. The fourth-order valence-electron chi connectivity index (χ4n) is 2.80. The van der Waals surface area contributed by atoms with Gasteiger partial charge in [0.15, 0.2) is 0 Å². The van der Waals surface area contributed by atoms with Crippen molar-refractivity contribution in [3.63, 3.8) is 0 Å². The Morgan fingerprint density at radius 2 is 2.00 bits per heavy atom. The number of amides is 1. The van der Waals surface area contributed by atoms with E-state index in [0.717, 1.165) is 31.0 Å². The first kappa shape index (κ1) is 14.8. The van der Waals surface area contributed by atoms with Crippen molar-refractivity contribution in [1.29, 1.82) is 0 Å². The maximum atomic E-state index is 12.7. The third-order valence-corrected chi connectivity index (χ3v) is 3.99. The summed E-state index contributed by atoms with van der Waals surface area (Å²) in [6.07, 6.45) is 2.50. The molecular formula is C17H21N3O2. The molecule has 0 spiro atoms. The molecule has 116 valence electrons. The van der Waals surface area contributed by atoms with E-state index in [4.69, 9.17) is 4.52 Å². The number of hydrogen-bond acceptors (Lipinski definition) is 4. The van der Waals surface area contributed by atoms with Crippen LogP contribution in [0.5, 0.6) is 0 Å². The molecule has 3 rings (SSSR count). The molecule has 0 N–H and O–H groups in total. The lowest BCUT2D eigenvalue weighted by Gasteiger charge is -2.24. The van der Waals surface area contributed by atoms with Gasteiger partial charge in [-0.05, 0) is 45.0 Å². The summed E-state index contributed by atoms with van der Waals surface area (Å²) in [5.41, 5.74) is 1.61. The van der Waals surface area contributed by atoms with Crippen LogP contribution in [-0.2, 0) is 0 Å². The van der Waals surface area contributed by atoms with E-state index >= 15 is 0 Å². The lowest BCUT2D eigenvalue weighted by atomic mass is 10.2. The van der Waals surface area contributed by atoms with Crippen molar-refractivity contribution < 1.29 is 9.32 Å². The molecule has 5 nitrogen and oxygen atoms in total. The quantitative estimate of drug-likeness (QED) is 0.852. The molecule has 22 heavy (non-hydrogen) atoms. The summed E-state index contributed by atoms with van der Waals surface area (Å²) < 4.78 is 5.15. The number of likely N-dealkylation sites (tertiary alicyclic amines) is 1. The summed E-state index contributed by atoms with van der Waals surface area (Å²) in [7, 11) is 0. The highest BCUT2D eigenvalue weighted by atomic mass is 16.5. The van der Waals surface area contributed by atoms with Crippen molar-refractivity contribution in [2.75, 3.05) is 31.1 Å². The summed E-state index contributed by atoms with van der Waals surface area (Å²) in [6.45, 7) is 5.60. The number of carbonyl (C=O) groups is 1. The largest absolute Gasteiger partial charge is 0.351 e. The van der Waals surface area contributed by atoms with E-state index in [1.807, 2.05) is 37.3 Å². The molecule has 1 aliphatic rings. The Morgan fingerprint density at radius 3 is 2.64 bits per heavy atom. The number of aryl methyl sites for hydroxylation is 1. The van der Waals surface area contributed by atoms with Gasteiger partial charge >= 0.3 is 0 Å². The molecule has 2 aromatic rings. The molecule has 1 saturated heterocycles. The van der Waals surface area contributed by atoms with Crippen molar-refractivity contribution >= 4 is 11.6 Å². The second-order valence-corrected chi connectivity index (χ2v) is 5.67. The van der Waals surface area contributed by atoms with Crippen LogP contribution in [0.25, 0.3) is 0 Å². The number of rotatable bonds is 5. The number of anilines is 1. The smallest absolute Gasteiger partial charge is 0.296 e. The summed E-state index contributed by atoms with van der Waals surface area (Å²) in [5.74, 6) is 0.161. The minimum Gasteiger partial charge on any atom is -0.351 e. The Labute approximate surface area is 130 Å². The zero-order valence-corrected chi connectivity index (χ0v) is 12.9. The van der Waals surface area contributed by atoms with Crippen molar-refractivity contribution in [3.05, 3.63) is 47.9 Å². The highest BCUT2D eigenvalue weighted by molar-refractivity contribution is 6.04. The predicted molar refractivity (Wildman–Crippen MR) is 85.0 cm³/mol. The van der Waals surface area contributed by atoms with Gasteiger partial charge in [0.2, 0.25) is 5.76 Å². The second-order valence-electron chi connectivity index (χ2n) is 5.67. The van der Waals surface area contributed by atoms with E-state index in [-0.39, 0.29) is 5.91 Å². The molecule has 5 heteroatoms. The van der Waals surface area contributed by atoms with Gasteiger partial charge in [-0.2, -0.15) is 0 Å². The third kappa shape index (κ3) is 3.36. The van der Waals surface area contributed by atoms with Crippen LogP contribution in [0, 0.1) is 6.92 Å². The van der Waals surface area contributed by atoms with Gasteiger partial charge in [0, 0.05) is 24.8 Å². The van der Waals surface area contributed by atoms with Gasteiger partial charge < -0.3 is 14.3 Å². The molecule has 1 aromatic heterocycles. The van der Waals surface area contributed by atoms with Crippen molar-refractivity contribution in [1.82, 2.24) is 10.1 Å². The summed E-state index contributed by atoms with van der Waals surface area (Å²) in [4.78, 5) is 16.9. The summed E-state index contributed by atoms with van der Waals surface area (Å²) in [6, 6.07) is 11.4. The average Bonchev–Trinajstić information content (AvgIpc) is 3.20. The first-order valence-corrected chi connectivity index (χ1v) is 7.76. The van der Waals surface area contributed by atoms with Gasteiger partial charge in [-0.1, -0.05) is 23.4 Å². The highest BCUT2D eigenvalue weighted by Crippen LogP contribution is 2.18. The lowest BCUT2D eigenvalue weighted by molar-refractivity contribution is 0.0948. The van der Waals surface area contributed by atoms with Gasteiger partial charge in [-0.15, -0.1) is 0 Å². The van der Waals surface area contributed by atoms with E-state index in [2.05, 4.69) is 10.1 Å². The zero-order valence-electron chi connectivity index (χ0n) is 12.9. The normalized spacial score (nSPS) is 15.1. The first-order valence-electron chi connectivity index (χ1n) is 7.76. The average molecular weight is 299 g/mol. The Morgan fingerprint density at radius 1 is 1.27 bits per heavy atom. The topological polar surface area (TPSA) is 49.6 Å². The predicted octanol–water partition coefficient (Wildman–Crippen LogP) is 2.73. The van der Waals surface area contributed by atoms with Crippen molar-refractivity contribution in [2.45, 2.75) is 19.8 Å². The number of nitrogens with zero attached hydrogens (tertiary/aromatic N) is 3. The van der Waals surface area contributed by atoms with E-state index in [1.165, 1.54) is 12.8 Å². The Balaban J connectivity index is 1.77. The number of aromatic nitrogens is 1. The lowest BCUT2D eigenvalue weighted by Crippen LogP contribution is -2.38. The maximum absolute atomic E-state index is 12.7. The van der Waals surface area contributed by atoms with Crippen molar-refractivity contribution in [2.24, 2.45) is 0 Å². The van der Waals surface area contributed by atoms with Gasteiger partial charge in [0.05, 0.1) is 5.69 Å². The molecular weight excluding hydrogens is 278 g/mol. The Bertz CT molecular complexity index is 618. The fraction of sp³-hybridized carbons (Fsp3) is 0.412. The van der Waals surface area contributed by atoms with Crippen LogP contribution in [0.4, 0.5) is 5.69 Å². The molecule has 1 fully saturated rings. The number of carbonyl (C=O) groups excluding carboxylic acids is 1. The fourth-order valence-corrected chi connectivity index (χ4v) is 2.80. The van der Waals surface area contributed by atoms with Crippen molar-refractivity contribution in [3.8, 4) is 0 Å². The van der Waals surface area contributed by atoms with Crippen LogP contribution >= 0.6 is 0 Å². The molecule has 0 saturated carbocycles. The number of para-hydroxylation sites is 1. The second kappa shape index (κ2) is 6.75. The van der Waals surface area contributed by atoms with Crippen LogP contribution < -0.4 is 4.90 Å². The Hall–Kier alpha value is -2.14. The SMILES string of the molecule is Cc1cc(C(=O)N(CCN2CCCC2)c2ccccc2)on1. The molecule has 1 aliphatic heterocycles. The van der Waals surface area contributed by atoms with Crippen LogP contribution in [-0.4, -0.2) is 42.1 Å². The van der Waals surface area contributed by atoms with Gasteiger partial charge in [0.1, 0.15) is 0 Å². The molecule has 2 heterocycles. The van der Waals surface area contributed by atoms with E-state index in [0.29, 0.717) is 12.3 Å². The third-order valence-electron chi connectivity index (χ3n) is 3.99. The maximum Gasteiger partial charge on any atom is 0.296 e. The minimum atomic E-state index is -0.133. The van der Waals surface area contributed by atoms with E-state index < -0.39 is 0 Å². The monoisotopic (exact) mass is 299 g/mol. The standard InChI is InChI=1S/C17H21N3O2/c1-14-13-16(22-18-14)17(21)20(15-7-3-2-4-8-15)12-11-19-9-5-6-10-19/h2-4,7-8,13H,5-6,9-12H2,1H3. The van der Waals surface area contributed by atoms with Crippen LogP contribution in [0.1, 0.15) is 29.1 Å². The molecule has 0 atom stereocenters. The molecule has 0 radical (unpaired) electrons. The molecule has 1 aromatic carbocycles. The van der Waals surface area contributed by atoms with Crippen LogP contribution in [0.3, 0.4) is 0 Å². The number of hydrogen-bond donors (Lipinski definition) is 0. The minimum absolute atomic E-state index is 0.133. The molecule has 0 aliphatic carbocycles. The zero-order chi connectivity index (χ0) is 15.4. The number of benzene rings is 1.